The van der Waals surface area contributed by atoms with Crippen molar-refractivity contribution in [3.63, 3.8) is 0 Å². The summed E-state index contributed by atoms with van der Waals surface area (Å²) in [6, 6.07) is 71.8. The van der Waals surface area contributed by atoms with Gasteiger partial charge in [0.1, 0.15) is 17.1 Å². The number of hydrogen-bond donors (Lipinski definition) is 0. The number of benzene rings is 9. The zero-order valence-electron chi connectivity index (χ0n) is 30.3. The Morgan fingerprint density at radius 2 is 1.04 bits per heavy atom. The molecule has 0 saturated heterocycles. The molecule has 0 radical (unpaired) electrons. The van der Waals surface area contributed by atoms with Gasteiger partial charge in [-0.15, -0.1) is 0 Å². The first-order valence-corrected chi connectivity index (χ1v) is 19.2. The lowest BCUT2D eigenvalue weighted by Gasteiger charge is -2.40. The molecule has 1 aliphatic carbocycles. The Balaban J connectivity index is 1.22. The van der Waals surface area contributed by atoms with E-state index >= 15 is 0 Å². The van der Waals surface area contributed by atoms with Crippen molar-refractivity contribution in [2.45, 2.75) is 5.41 Å². The maximum atomic E-state index is 6.94. The summed E-state index contributed by atoms with van der Waals surface area (Å²) < 4.78 is 13.8. The normalized spacial score (nSPS) is 15.0. The maximum absolute atomic E-state index is 6.94. The van der Waals surface area contributed by atoms with E-state index in [9.17, 15) is 0 Å². The van der Waals surface area contributed by atoms with Gasteiger partial charge in [-0.3, -0.25) is 0 Å². The van der Waals surface area contributed by atoms with Crippen LogP contribution in [0.5, 0.6) is 11.5 Å². The van der Waals surface area contributed by atoms with Crippen LogP contribution in [0.4, 0.5) is 17.1 Å². The number of ether oxygens (including phenoxy) is 1. The van der Waals surface area contributed by atoms with Crippen LogP contribution >= 0.6 is 0 Å². The number of nitrogens with zero attached hydrogens (tertiary/aromatic N) is 1. The molecule has 12 rings (SSSR count). The highest BCUT2D eigenvalue weighted by Crippen LogP contribution is 2.65. The van der Waals surface area contributed by atoms with Crippen molar-refractivity contribution in [1.29, 1.82) is 0 Å². The quantitative estimate of drug-likeness (QED) is 0.181. The number of hydrogen-bond acceptors (Lipinski definition) is 3. The Hall–Kier alpha value is -7.36. The molecule has 9 aromatic carbocycles. The molecule has 1 unspecified atom stereocenters. The van der Waals surface area contributed by atoms with Crippen LogP contribution in [-0.4, -0.2) is 0 Å². The molecule has 262 valence electrons. The number of rotatable bonds is 4. The molecule has 1 spiro atoms. The number of fused-ring (bicyclic) bond motifs is 14. The topological polar surface area (TPSA) is 25.6 Å². The summed E-state index contributed by atoms with van der Waals surface area (Å²) in [7, 11) is 0. The number of furan rings is 1. The van der Waals surface area contributed by atoms with Gasteiger partial charge in [-0.1, -0.05) is 170 Å². The van der Waals surface area contributed by atoms with Gasteiger partial charge in [0, 0.05) is 38.4 Å². The Kier molecular flexibility index (Phi) is 6.55. The molecule has 2 heterocycles. The summed E-state index contributed by atoms with van der Waals surface area (Å²) in [5.41, 5.74) is 13.6. The van der Waals surface area contributed by atoms with E-state index in [4.69, 9.17) is 9.15 Å². The highest BCUT2D eigenvalue weighted by atomic mass is 16.5. The van der Waals surface area contributed by atoms with Crippen molar-refractivity contribution in [3.8, 4) is 33.8 Å². The molecule has 56 heavy (non-hydrogen) atoms. The second kappa shape index (κ2) is 11.8. The first-order chi connectivity index (χ1) is 27.8. The molecular weight excluding hydrogens is 683 g/mol. The SMILES string of the molecule is c1ccc(-c2ccccc2N(c2cccc3c2-c2ccccc2C32c3ccccc3Oc3c2ccc2ccccc32)c2cccc3c2oc2ccccc23)cc1. The highest BCUT2D eigenvalue weighted by molar-refractivity contribution is 6.12. The molecule has 0 N–H and O–H groups in total. The molecule has 1 aromatic heterocycles. The summed E-state index contributed by atoms with van der Waals surface area (Å²) in [5, 5.41) is 4.45. The van der Waals surface area contributed by atoms with Crippen LogP contribution in [0.25, 0.3) is 55.0 Å². The lowest BCUT2D eigenvalue weighted by Crippen LogP contribution is -2.32. The first-order valence-electron chi connectivity index (χ1n) is 19.2. The van der Waals surface area contributed by atoms with Crippen LogP contribution in [0.2, 0.25) is 0 Å². The molecule has 1 aliphatic heterocycles. The van der Waals surface area contributed by atoms with Crippen LogP contribution < -0.4 is 9.64 Å². The van der Waals surface area contributed by atoms with Crippen molar-refractivity contribution < 1.29 is 9.15 Å². The standard InChI is InChI=1S/C53H33NO2/c1-2-16-34(17-3-1)36-19-7-11-27-45(36)54(47-29-14-23-39-38-21-8-12-30-48(38)55-52(39)47)46-28-15-26-43-50(46)40-22-6-9-24-41(40)53(43)42-25-10-13-31-49(42)56-51-37-20-5-4-18-35(37)32-33-44(51)53/h1-33H. The molecule has 0 saturated carbocycles. The van der Waals surface area contributed by atoms with E-state index in [0.717, 1.165) is 83.5 Å². The molecule has 1 atom stereocenters. The molecule has 0 bridgehead atoms. The lowest BCUT2D eigenvalue weighted by atomic mass is 9.65. The third kappa shape index (κ3) is 4.17. The van der Waals surface area contributed by atoms with Gasteiger partial charge in [0.05, 0.1) is 22.5 Å². The van der Waals surface area contributed by atoms with Gasteiger partial charge >= 0.3 is 0 Å². The molecular formula is C53H33NO2. The Morgan fingerprint density at radius 1 is 0.393 bits per heavy atom. The summed E-state index contributed by atoms with van der Waals surface area (Å²) in [4.78, 5) is 2.44. The monoisotopic (exact) mass is 715 g/mol. The van der Waals surface area contributed by atoms with Crippen molar-refractivity contribution in [1.82, 2.24) is 0 Å². The fourth-order valence-electron chi connectivity index (χ4n) is 9.67. The minimum atomic E-state index is -0.633. The Bertz CT molecular complexity index is 3200. The minimum absolute atomic E-state index is 0.633. The summed E-state index contributed by atoms with van der Waals surface area (Å²) >= 11 is 0. The van der Waals surface area contributed by atoms with E-state index in [1.165, 1.54) is 22.3 Å². The second-order valence-corrected chi connectivity index (χ2v) is 14.7. The van der Waals surface area contributed by atoms with Gasteiger partial charge in [0.15, 0.2) is 5.58 Å². The van der Waals surface area contributed by atoms with E-state index in [2.05, 4.69) is 199 Å². The lowest BCUT2D eigenvalue weighted by molar-refractivity contribution is 0.441. The largest absolute Gasteiger partial charge is 0.456 e. The van der Waals surface area contributed by atoms with E-state index in [-0.39, 0.29) is 0 Å². The average molecular weight is 716 g/mol. The van der Waals surface area contributed by atoms with Crippen molar-refractivity contribution in [2.24, 2.45) is 0 Å². The molecule has 3 nitrogen and oxygen atoms in total. The number of para-hydroxylation sites is 4. The molecule has 0 amide bonds. The second-order valence-electron chi connectivity index (χ2n) is 14.7. The van der Waals surface area contributed by atoms with E-state index in [1.54, 1.807) is 0 Å². The van der Waals surface area contributed by atoms with Gasteiger partial charge in [-0.2, -0.15) is 0 Å². The Morgan fingerprint density at radius 3 is 1.95 bits per heavy atom. The van der Waals surface area contributed by atoms with Gasteiger partial charge in [0.2, 0.25) is 0 Å². The fraction of sp³-hybridized carbons (Fsp3) is 0.0189. The third-order valence-corrected chi connectivity index (χ3v) is 11.9. The maximum Gasteiger partial charge on any atom is 0.159 e. The highest BCUT2D eigenvalue weighted by Gasteiger charge is 2.52. The van der Waals surface area contributed by atoms with Crippen LogP contribution in [-0.2, 0) is 5.41 Å². The molecule has 0 fully saturated rings. The molecule has 2 aliphatic rings. The van der Waals surface area contributed by atoms with Crippen molar-refractivity contribution in [2.75, 3.05) is 4.90 Å². The van der Waals surface area contributed by atoms with Gasteiger partial charge in [0.25, 0.3) is 0 Å². The molecule has 10 aromatic rings. The average Bonchev–Trinajstić information content (AvgIpc) is 3.79. The van der Waals surface area contributed by atoms with Crippen LogP contribution in [0.1, 0.15) is 22.3 Å². The van der Waals surface area contributed by atoms with E-state index < -0.39 is 5.41 Å². The molecule has 3 heteroatoms. The number of anilines is 3. The Labute approximate surface area is 324 Å². The van der Waals surface area contributed by atoms with Gasteiger partial charge in [-0.25, -0.2) is 0 Å². The predicted molar refractivity (Wildman–Crippen MR) is 229 cm³/mol. The van der Waals surface area contributed by atoms with E-state index in [1.807, 2.05) is 6.07 Å². The van der Waals surface area contributed by atoms with Crippen LogP contribution in [0.3, 0.4) is 0 Å². The smallest absolute Gasteiger partial charge is 0.159 e. The van der Waals surface area contributed by atoms with Gasteiger partial charge < -0.3 is 14.1 Å². The van der Waals surface area contributed by atoms with Crippen molar-refractivity contribution in [3.05, 3.63) is 222 Å². The summed E-state index contributed by atoms with van der Waals surface area (Å²) in [6.45, 7) is 0. The summed E-state index contributed by atoms with van der Waals surface area (Å²) in [6.07, 6.45) is 0. The summed E-state index contributed by atoms with van der Waals surface area (Å²) in [5.74, 6) is 1.79. The fourth-order valence-corrected chi connectivity index (χ4v) is 9.67. The zero-order valence-corrected chi connectivity index (χ0v) is 30.3. The van der Waals surface area contributed by atoms with Crippen molar-refractivity contribution >= 4 is 49.8 Å². The third-order valence-electron chi connectivity index (χ3n) is 11.9. The van der Waals surface area contributed by atoms with Crippen LogP contribution in [0, 0.1) is 0 Å². The zero-order chi connectivity index (χ0) is 36.8. The van der Waals surface area contributed by atoms with E-state index in [0.29, 0.717) is 0 Å². The predicted octanol–water partition coefficient (Wildman–Crippen LogP) is 14.3. The first kappa shape index (κ1) is 31.0. The minimum Gasteiger partial charge on any atom is -0.456 e. The van der Waals surface area contributed by atoms with Gasteiger partial charge in [-0.05, 0) is 58.0 Å². The van der Waals surface area contributed by atoms with Crippen LogP contribution in [0.15, 0.2) is 205 Å².